The Bertz CT molecular complexity index is 1210. The zero-order valence-corrected chi connectivity index (χ0v) is 21.9. The first-order chi connectivity index (χ1) is 15.5. The normalized spacial score (nSPS) is 12.9. The summed E-state index contributed by atoms with van der Waals surface area (Å²) < 4.78 is 61.1. The number of rotatable bonds is 8. The summed E-state index contributed by atoms with van der Waals surface area (Å²) in [6.07, 6.45) is -0.634. The Morgan fingerprint density at radius 1 is 0.824 bits per heavy atom. The van der Waals surface area contributed by atoms with Crippen LogP contribution in [0.5, 0.6) is 0 Å². The monoisotopic (exact) mass is 511 g/mol. The van der Waals surface area contributed by atoms with Crippen molar-refractivity contribution in [2.45, 2.75) is 62.5 Å². The Morgan fingerprint density at radius 3 is 1.97 bits per heavy atom. The molecule has 3 N–H and O–H groups in total. The fourth-order valence-corrected chi connectivity index (χ4v) is 5.64. The van der Waals surface area contributed by atoms with E-state index in [1.165, 1.54) is 18.2 Å². The number of hydrogen-bond donors (Lipinski definition) is 3. The lowest BCUT2D eigenvalue weighted by Crippen LogP contribution is -2.40. The van der Waals surface area contributed by atoms with Crippen molar-refractivity contribution in [3.63, 3.8) is 0 Å². The average molecular weight is 512 g/mol. The van der Waals surface area contributed by atoms with Gasteiger partial charge < -0.3 is 10.1 Å². The molecule has 1 amide bonds. The third-order valence-electron chi connectivity index (χ3n) is 4.18. The number of alkyl carbamates (subject to hydrolysis) is 1. The van der Waals surface area contributed by atoms with Gasteiger partial charge in [-0.2, -0.15) is 0 Å². The summed E-state index contributed by atoms with van der Waals surface area (Å²) in [5, 5.41) is 2.48. The van der Waals surface area contributed by atoms with Gasteiger partial charge in [-0.25, -0.2) is 31.1 Å². The number of ether oxygens (including phenoxy) is 1. The Morgan fingerprint density at radius 2 is 1.41 bits per heavy atom. The van der Waals surface area contributed by atoms with Gasteiger partial charge in [0.1, 0.15) is 5.60 Å². The van der Waals surface area contributed by atoms with E-state index in [0.717, 1.165) is 0 Å². The molecule has 2 aromatic carbocycles. The van der Waals surface area contributed by atoms with Crippen LogP contribution in [0.15, 0.2) is 58.3 Å². The SMILES string of the molecule is CC(C)(C)NS(=O)(=O)c1ccccc1-c1ccc(S(=O)(=O)NCCNC(=O)OC(C)(C)C)cc1. The molecule has 0 aliphatic heterocycles. The van der Waals surface area contributed by atoms with Gasteiger partial charge in [0, 0.05) is 24.2 Å². The number of amides is 1. The summed E-state index contributed by atoms with van der Waals surface area (Å²) in [4.78, 5) is 11.8. The predicted octanol–water partition coefficient (Wildman–Crippen LogP) is 3.23. The van der Waals surface area contributed by atoms with Crippen LogP contribution in [-0.2, 0) is 24.8 Å². The summed E-state index contributed by atoms with van der Waals surface area (Å²) in [6.45, 7) is 10.5. The van der Waals surface area contributed by atoms with Gasteiger partial charge in [0.2, 0.25) is 20.0 Å². The first kappa shape index (κ1) is 27.8. The van der Waals surface area contributed by atoms with Crippen molar-refractivity contribution in [2.75, 3.05) is 13.1 Å². The average Bonchev–Trinajstić information content (AvgIpc) is 2.68. The van der Waals surface area contributed by atoms with Crippen molar-refractivity contribution >= 4 is 26.1 Å². The van der Waals surface area contributed by atoms with Crippen LogP contribution in [0.3, 0.4) is 0 Å². The van der Waals surface area contributed by atoms with Gasteiger partial charge in [-0.05, 0) is 65.3 Å². The fraction of sp³-hybridized carbons (Fsp3) is 0.435. The minimum absolute atomic E-state index is 0.0154. The van der Waals surface area contributed by atoms with Crippen molar-refractivity contribution in [1.82, 2.24) is 14.8 Å². The van der Waals surface area contributed by atoms with E-state index in [0.29, 0.717) is 11.1 Å². The van der Waals surface area contributed by atoms with Crippen LogP contribution in [0, 0.1) is 0 Å². The number of hydrogen-bond acceptors (Lipinski definition) is 6. The number of carbonyl (C=O) groups is 1. The maximum Gasteiger partial charge on any atom is 0.407 e. The molecule has 9 nitrogen and oxygen atoms in total. The lowest BCUT2D eigenvalue weighted by atomic mass is 10.1. The molecular weight excluding hydrogens is 478 g/mol. The number of benzene rings is 2. The standard InChI is InChI=1S/C23H33N3O6S2/c1-22(2,3)26-34(30,31)20-10-8-7-9-19(20)17-11-13-18(14-12-17)33(28,29)25-16-15-24-21(27)32-23(4,5)6/h7-14,25-26H,15-16H2,1-6H3,(H,24,27). The second-order valence-corrected chi connectivity index (χ2v) is 13.1. The van der Waals surface area contributed by atoms with Crippen molar-refractivity contribution in [3.8, 4) is 11.1 Å². The van der Waals surface area contributed by atoms with Gasteiger partial charge >= 0.3 is 6.09 Å². The van der Waals surface area contributed by atoms with Crippen LogP contribution in [0.1, 0.15) is 41.5 Å². The molecule has 0 saturated heterocycles. The van der Waals surface area contributed by atoms with Crippen molar-refractivity contribution < 1.29 is 26.4 Å². The molecule has 0 spiro atoms. The van der Waals surface area contributed by atoms with E-state index in [-0.39, 0.29) is 22.9 Å². The van der Waals surface area contributed by atoms with Crippen LogP contribution < -0.4 is 14.8 Å². The third-order valence-corrected chi connectivity index (χ3v) is 7.47. The predicted molar refractivity (Wildman–Crippen MR) is 131 cm³/mol. The van der Waals surface area contributed by atoms with Gasteiger partial charge in [0.05, 0.1) is 9.79 Å². The highest BCUT2D eigenvalue weighted by Gasteiger charge is 2.25. The molecular formula is C23H33N3O6S2. The molecule has 0 unspecified atom stereocenters. The van der Waals surface area contributed by atoms with E-state index >= 15 is 0 Å². The molecule has 0 fully saturated rings. The minimum Gasteiger partial charge on any atom is -0.444 e. The summed E-state index contributed by atoms with van der Waals surface area (Å²) in [6, 6.07) is 12.4. The fourth-order valence-electron chi connectivity index (χ4n) is 2.96. The number of nitrogens with one attached hydrogen (secondary N) is 3. The molecule has 0 aromatic heterocycles. The maximum atomic E-state index is 12.9. The van der Waals surface area contributed by atoms with Crippen molar-refractivity contribution in [2.24, 2.45) is 0 Å². The van der Waals surface area contributed by atoms with E-state index in [9.17, 15) is 21.6 Å². The summed E-state index contributed by atoms with van der Waals surface area (Å²) >= 11 is 0. The molecule has 0 heterocycles. The van der Waals surface area contributed by atoms with E-state index in [1.54, 1.807) is 71.9 Å². The molecule has 2 aromatic rings. The van der Waals surface area contributed by atoms with Crippen LogP contribution in [-0.4, -0.2) is 47.2 Å². The van der Waals surface area contributed by atoms with Crippen LogP contribution in [0.4, 0.5) is 4.79 Å². The zero-order valence-electron chi connectivity index (χ0n) is 20.3. The molecule has 34 heavy (non-hydrogen) atoms. The summed E-state index contributed by atoms with van der Waals surface area (Å²) in [5.41, 5.74) is -0.293. The van der Waals surface area contributed by atoms with Crippen molar-refractivity contribution in [1.29, 1.82) is 0 Å². The Labute approximate surface area is 202 Å². The highest BCUT2D eigenvalue weighted by Crippen LogP contribution is 2.28. The Hall–Kier alpha value is -2.47. The topological polar surface area (TPSA) is 131 Å². The Balaban J connectivity index is 2.13. The zero-order chi connectivity index (χ0) is 25.8. The van der Waals surface area contributed by atoms with E-state index in [4.69, 9.17) is 4.74 Å². The number of sulfonamides is 2. The van der Waals surface area contributed by atoms with Crippen LogP contribution >= 0.6 is 0 Å². The van der Waals surface area contributed by atoms with Gasteiger partial charge in [0.15, 0.2) is 0 Å². The van der Waals surface area contributed by atoms with Crippen molar-refractivity contribution in [3.05, 3.63) is 48.5 Å². The lowest BCUT2D eigenvalue weighted by molar-refractivity contribution is 0.0529. The third kappa shape index (κ3) is 8.39. The second-order valence-electron chi connectivity index (χ2n) is 9.70. The van der Waals surface area contributed by atoms with Gasteiger partial charge in [-0.15, -0.1) is 0 Å². The minimum atomic E-state index is -3.83. The highest BCUT2D eigenvalue weighted by atomic mass is 32.2. The largest absolute Gasteiger partial charge is 0.444 e. The molecule has 0 saturated carbocycles. The van der Waals surface area contributed by atoms with Gasteiger partial charge in [-0.3, -0.25) is 0 Å². The molecule has 0 radical (unpaired) electrons. The van der Waals surface area contributed by atoms with E-state index < -0.39 is 37.3 Å². The first-order valence-electron chi connectivity index (χ1n) is 10.7. The van der Waals surface area contributed by atoms with Crippen LogP contribution in [0.25, 0.3) is 11.1 Å². The quantitative estimate of drug-likeness (QED) is 0.467. The molecule has 0 bridgehead atoms. The van der Waals surface area contributed by atoms with Gasteiger partial charge in [-0.1, -0.05) is 30.3 Å². The van der Waals surface area contributed by atoms with E-state index in [1.807, 2.05) is 0 Å². The van der Waals surface area contributed by atoms with E-state index in [2.05, 4.69) is 14.8 Å². The summed E-state index contributed by atoms with van der Waals surface area (Å²) in [5.74, 6) is 0. The lowest BCUT2D eigenvalue weighted by Gasteiger charge is -2.21. The molecule has 2 rings (SSSR count). The maximum absolute atomic E-state index is 12.9. The Kier molecular flexibility index (Phi) is 8.52. The highest BCUT2D eigenvalue weighted by molar-refractivity contribution is 7.90. The van der Waals surface area contributed by atoms with Gasteiger partial charge in [0.25, 0.3) is 0 Å². The molecule has 188 valence electrons. The molecule has 11 heteroatoms. The smallest absolute Gasteiger partial charge is 0.407 e. The van der Waals surface area contributed by atoms with Crippen LogP contribution in [0.2, 0.25) is 0 Å². The summed E-state index contributed by atoms with van der Waals surface area (Å²) in [7, 11) is -7.62. The second kappa shape index (κ2) is 10.4. The number of carbonyl (C=O) groups excluding carboxylic acids is 1. The first-order valence-corrected chi connectivity index (χ1v) is 13.7. The molecule has 0 aliphatic carbocycles. The molecule has 0 atom stereocenters. The molecule has 0 aliphatic rings.